The van der Waals surface area contributed by atoms with E-state index in [4.69, 9.17) is 14.5 Å². The first-order valence-corrected chi connectivity index (χ1v) is 12.0. The Morgan fingerprint density at radius 3 is 2.71 bits per heavy atom. The molecule has 1 saturated heterocycles. The smallest absolute Gasteiger partial charge is 0.195 e. The van der Waals surface area contributed by atoms with Gasteiger partial charge in [-0.05, 0) is 57.3 Å². The van der Waals surface area contributed by atoms with E-state index < -0.39 is 0 Å². The average molecular weight is 446 g/mol. The van der Waals surface area contributed by atoms with Crippen LogP contribution >= 0.6 is 11.3 Å². The quantitative estimate of drug-likeness (QED) is 0.449. The maximum absolute atomic E-state index is 5.59. The lowest BCUT2D eigenvalue weighted by molar-refractivity contribution is 0.176. The summed E-state index contributed by atoms with van der Waals surface area (Å²) in [5.74, 6) is 2.86. The van der Waals surface area contributed by atoms with Crippen molar-refractivity contribution in [2.75, 3.05) is 45.7 Å². The van der Waals surface area contributed by atoms with Gasteiger partial charge >= 0.3 is 0 Å². The number of likely N-dealkylation sites (tertiary alicyclic amines) is 1. The molecule has 0 atom stereocenters. The van der Waals surface area contributed by atoms with Gasteiger partial charge in [0.25, 0.3) is 0 Å². The molecule has 8 heteroatoms. The lowest BCUT2D eigenvalue weighted by atomic mass is 9.97. The number of anilines is 1. The molecule has 2 aromatic rings. The number of benzene rings is 1. The Bertz CT molecular complexity index is 846. The number of aliphatic imine (C=N–C) groups is 1. The molecule has 0 radical (unpaired) electrons. The van der Waals surface area contributed by atoms with Crippen LogP contribution in [-0.4, -0.2) is 56.2 Å². The Balaban J connectivity index is 1.44. The van der Waals surface area contributed by atoms with E-state index in [1.54, 1.807) is 25.5 Å². The van der Waals surface area contributed by atoms with Crippen molar-refractivity contribution in [2.24, 2.45) is 10.9 Å². The molecule has 0 spiro atoms. The van der Waals surface area contributed by atoms with E-state index >= 15 is 0 Å². The maximum atomic E-state index is 5.59. The zero-order valence-corrected chi connectivity index (χ0v) is 19.9. The van der Waals surface area contributed by atoms with Crippen LogP contribution in [0, 0.1) is 5.92 Å². The number of nitrogens with zero attached hydrogens (tertiary/aromatic N) is 3. The van der Waals surface area contributed by atoms with Gasteiger partial charge in [-0.25, -0.2) is 4.98 Å². The SMILES string of the molecule is CCOc1ccc(NC(=NC)NCC2CCN(Cc3csc(CC)n3)CC2)cc1OC. The first kappa shape index (κ1) is 23.3. The number of hydrogen-bond donors (Lipinski definition) is 2. The molecule has 1 aromatic carbocycles. The number of rotatable bonds is 9. The van der Waals surface area contributed by atoms with Crippen LogP contribution in [0.4, 0.5) is 5.69 Å². The van der Waals surface area contributed by atoms with Crippen LogP contribution in [0.1, 0.15) is 37.4 Å². The molecular weight excluding hydrogens is 410 g/mol. The number of nitrogens with one attached hydrogen (secondary N) is 2. The molecule has 1 aromatic heterocycles. The highest BCUT2D eigenvalue weighted by Crippen LogP contribution is 2.30. The topological polar surface area (TPSA) is 71.0 Å². The van der Waals surface area contributed by atoms with E-state index in [9.17, 15) is 0 Å². The van der Waals surface area contributed by atoms with E-state index in [2.05, 4.69) is 32.8 Å². The molecule has 2 N–H and O–H groups in total. The van der Waals surface area contributed by atoms with Gasteiger partial charge in [-0.15, -0.1) is 11.3 Å². The zero-order chi connectivity index (χ0) is 22.1. The fourth-order valence-electron chi connectivity index (χ4n) is 3.74. The predicted molar refractivity (Wildman–Crippen MR) is 129 cm³/mol. The van der Waals surface area contributed by atoms with Crippen molar-refractivity contribution in [1.29, 1.82) is 0 Å². The van der Waals surface area contributed by atoms with Gasteiger partial charge in [-0.3, -0.25) is 9.89 Å². The standard InChI is InChI=1S/C23H35N5O2S/c1-5-22-26-19(16-31-22)15-28-11-9-17(10-12-28)14-25-23(24-3)27-18-7-8-20(30-6-2)21(13-18)29-4/h7-8,13,16-17H,5-6,9-12,14-15H2,1-4H3,(H2,24,25,27). The molecule has 1 aliphatic heterocycles. The monoisotopic (exact) mass is 445 g/mol. The molecule has 0 aliphatic carbocycles. The third-order valence-electron chi connectivity index (χ3n) is 5.50. The van der Waals surface area contributed by atoms with E-state index in [1.165, 1.54) is 23.5 Å². The summed E-state index contributed by atoms with van der Waals surface area (Å²) >= 11 is 1.78. The summed E-state index contributed by atoms with van der Waals surface area (Å²) < 4.78 is 11.0. The molecular formula is C23H35N5O2S. The highest BCUT2D eigenvalue weighted by atomic mass is 32.1. The molecule has 7 nitrogen and oxygen atoms in total. The fourth-order valence-corrected chi connectivity index (χ4v) is 4.47. The summed E-state index contributed by atoms with van der Waals surface area (Å²) in [4.78, 5) is 11.6. The normalized spacial score (nSPS) is 15.7. The van der Waals surface area contributed by atoms with E-state index in [0.29, 0.717) is 18.3 Å². The summed E-state index contributed by atoms with van der Waals surface area (Å²) in [7, 11) is 3.44. The van der Waals surface area contributed by atoms with Crippen molar-refractivity contribution in [3.63, 3.8) is 0 Å². The third-order valence-corrected chi connectivity index (χ3v) is 6.54. The minimum absolute atomic E-state index is 0.606. The second-order valence-electron chi connectivity index (χ2n) is 7.68. The van der Waals surface area contributed by atoms with Crippen LogP contribution in [0.15, 0.2) is 28.6 Å². The summed E-state index contributed by atoms with van der Waals surface area (Å²) in [6.45, 7) is 8.85. The van der Waals surface area contributed by atoms with Gasteiger partial charge < -0.3 is 20.1 Å². The van der Waals surface area contributed by atoms with Crippen LogP contribution in [0.2, 0.25) is 0 Å². The Kier molecular flexibility index (Phi) is 8.97. The minimum Gasteiger partial charge on any atom is -0.493 e. The van der Waals surface area contributed by atoms with Crippen LogP contribution in [0.5, 0.6) is 11.5 Å². The first-order chi connectivity index (χ1) is 15.1. The number of aromatic nitrogens is 1. The van der Waals surface area contributed by atoms with Crippen molar-refractivity contribution >= 4 is 23.0 Å². The summed E-state index contributed by atoms with van der Waals surface area (Å²) in [6, 6.07) is 5.82. The van der Waals surface area contributed by atoms with Crippen LogP contribution < -0.4 is 20.1 Å². The summed E-state index contributed by atoms with van der Waals surface area (Å²) in [5, 5.41) is 10.3. The number of guanidine groups is 1. The van der Waals surface area contributed by atoms with Crippen molar-refractivity contribution in [1.82, 2.24) is 15.2 Å². The predicted octanol–water partition coefficient (Wildman–Crippen LogP) is 4.01. The van der Waals surface area contributed by atoms with Crippen molar-refractivity contribution in [3.05, 3.63) is 34.3 Å². The third kappa shape index (κ3) is 6.83. The molecule has 0 bridgehead atoms. The molecule has 0 amide bonds. The van der Waals surface area contributed by atoms with Gasteiger partial charge in [-0.1, -0.05) is 6.92 Å². The minimum atomic E-state index is 0.606. The van der Waals surface area contributed by atoms with Gasteiger partial charge in [0.2, 0.25) is 0 Å². The van der Waals surface area contributed by atoms with Gasteiger partial charge in [0.15, 0.2) is 17.5 Å². The second kappa shape index (κ2) is 11.9. The van der Waals surface area contributed by atoms with Crippen LogP contribution in [0.25, 0.3) is 0 Å². The Labute approximate surface area is 189 Å². The van der Waals surface area contributed by atoms with Gasteiger partial charge in [-0.2, -0.15) is 0 Å². The van der Waals surface area contributed by atoms with Gasteiger partial charge in [0, 0.05) is 37.3 Å². The number of aryl methyl sites for hydroxylation is 1. The highest BCUT2D eigenvalue weighted by Gasteiger charge is 2.20. The first-order valence-electron chi connectivity index (χ1n) is 11.1. The maximum Gasteiger partial charge on any atom is 0.195 e. The Morgan fingerprint density at radius 1 is 1.26 bits per heavy atom. The van der Waals surface area contributed by atoms with E-state index in [-0.39, 0.29) is 0 Å². The van der Waals surface area contributed by atoms with E-state index in [0.717, 1.165) is 50.0 Å². The zero-order valence-electron chi connectivity index (χ0n) is 19.1. The lowest BCUT2D eigenvalue weighted by Gasteiger charge is -2.31. The number of methoxy groups -OCH3 is 1. The van der Waals surface area contributed by atoms with Crippen molar-refractivity contribution in [3.8, 4) is 11.5 Å². The number of piperidine rings is 1. The van der Waals surface area contributed by atoms with Crippen LogP contribution in [0.3, 0.4) is 0 Å². The molecule has 1 fully saturated rings. The van der Waals surface area contributed by atoms with Crippen LogP contribution in [-0.2, 0) is 13.0 Å². The molecule has 1 aliphatic rings. The second-order valence-corrected chi connectivity index (χ2v) is 8.63. The molecule has 170 valence electrons. The Hall–Kier alpha value is -2.32. The summed E-state index contributed by atoms with van der Waals surface area (Å²) in [5.41, 5.74) is 2.13. The Morgan fingerprint density at radius 2 is 2.06 bits per heavy atom. The lowest BCUT2D eigenvalue weighted by Crippen LogP contribution is -2.40. The highest BCUT2D eigenvalue weighted by molar-refractivity contribution is 7.09. The molecule has 0 unspecified atom stereocenters. The number of ether oxygens (including phenoxy) is 2. The molecule has 0 saturated carbocycles. The molecule has 3 rings (SSSR count). The largest absolute Gasteiger partial charge is 0.493 e. The fraction of sp³-hybridized carbons (Fsp3) is 0.565. The van der Waals surface area contributed by atoms with Gasteiger partial charge in [0.1, 0.15) is 0 Å². The van der Waals surface area contributed by atoms with Crippen molar-refractivity contribution < 1.29 is 9.47 Å². The number of hydrogen-bond acceptors (Lipinski definition) is 6. The number of thiazole rings is 1. The molecule has 2 heterocycles. The van der Waals surface area contributed by atoms with Gasteiger partial charge in [0.05, 0.1) is 24.4 Å². The van der Waals surface area contributed by atoms with E-state index in [1.807, 2.05) is 25.1 Å². The average Bonchev–Trinajstić information content (AvgIpc) is 3.26. The van der Waals surface area contributed by atoms with Crippen molar-refractivity contribution in [2.45, 2.75) is 39.7 Å². The molecule has 31 heavy (non-hydrogen) atoms. The summed E-state index contributed by atoms with van der Waals surface area (Å²) in [6.07, 6.45) is 3.40.